The van der Waals surface area contributed by atoms with Crippen LogP contribution in [0.3, 0.4) is 0 Å². The zero-order valence-electron chi connectivity index (χ0n) is 42.2. The van der Waals surface area contributed by atoms with Gasteiger partial charge < -0.3 is 35.7 Å². The molecule has 0 bridgehead atoms. The minimum Gasteiger partial charge on any atom is -0.404 e. The fourth-order valence-corrected chi connectivity index (χ4v) is 20.1. The maximum atomic E-state index is 13.8. The monoisotopic (exact) mass is 957 g/mol. The number of carbonyl (C=O) groups excluding carboxylic acids is 3. The van der Waals surface area contributed by atoms with Crippen LogP contribution in [0.1, 0.15) is 130 Å². The smallest absolute Gasteiger partial charge is 0.261 e. The Morgan fingerprint density at radius 2 is 1.62 bits per heavy atom. The Hall–Kier alpha value is -4.59. The van der Waals surface area contributed by atoms with E-state index in [0.717, 1.165) is 36.3 Å². The zero-order chi connectivity index (χ0) is 48.6. The fourth-order valence-electron chi connectivity index (χ4n) is 15.3. The van der Waals surface area contributed by atoms with Crippen molar-refractivity contribution >= 4 is 36.4 Å². The van der Waals surface area contributed by atoms with Crippen molar-refractivity contribution in [1.29, 1.82) is 0 Å². The largest absolute Gasteiger partial charge is 0.404 e. The minimum absolute atomic E-state index is 0.00967. The third kappa shape index (κ3) is 9.77. The fraction of sp³-hybridized carbons (Fsp3) is 0.625. The van der Waals surface area contributed by atoms with Gasteiger partial charge in [-0.2, -0.15) is 0 Å². The maximum absolute atomic E-state index is 13.8. The lowest BCUT2D eigenvalue weighted by Gasteiger charge is -2.62. The third-order valence-corrected chi connectivity index (χ3v) is 23.9. The molecule has 9 rings (SSSR count). The van der Waals surface area contributed by atoms with Crippen molar-refractivity contribution < 1.29 is 18.8 Å². The van der Waals surface area contributed by atoms with Crippen LogP contribution in [0.15, 0.2) is 85.7 Å². The van der Waals surface area contributed by atoms with E-state index in [4.69, 9.17) is 10.2 Å². The number of H-pyrrole nitrogens is 2. The number of rotatable bonds is 16. The number of aromatic amines is 2. The number of hydrogen-bond donors (Lipinski definition) is 5. The van der Waals surface area contributed by atoms with E-state index in [9.17, 15) is 14.4 Å². The molecule has 5 fully saturated rings. The molecular formula is C56H80N8O4Si. The number of nitrogens with one attached hydrogen (secondary N) is 4. The summed E-state index contributed by atoms with van der Waals surface area (Å²) in [5.41, 5.74) is 8.66. The van der Waals surface area contributed by atoms with Crippen molar-refractivity contribution in [3.8, 4) is 0 Å². The van der Waals surface area contributed by atoms with E-state index < -0.39 is 20.4 Å². The number of nitrogens with two attached hydrogens (primary N) is 1. The van der Waals surface area contributed by atoms with E-state index in [0.29, 0.717) is 60.1 Å². The molecule has 5 unspecified atom stereocenters. The van der Waals surface area contributed by atoms with E-state index in [1.54, 1.807) is 29.9 Å². The average Bonchev–Trinajstić information content (AvgIpc) is 4.18. The first-order valence-electron chi connectivity index (χ1n) is 26.5. The topological polar surface area (TPSA) is 171 Å². The number of amides is 3. The number of fused-ring (bicyclic) bond motifs is 5. The summed E-state index contributed by atoms with van der Waals surface area (Å²) < 4.78 is 7.79. The molecule has 0 radical (unpaired) electrons. The van der Waals surface area contributed by atoms with E-state index in [1.165, 1.54) is 61.7 Å². The molecule has 3 heterocycles. The Morgan fingerprint density at radius 1 is 0.913 bits per heavy atom. The van der Waals surface area contributed by atoms with Crippen molar-refractivity contribution in [3.63, 3.8) is 0 Å². The Bertz CT molecular complexity index is 2300. The second-order valence-electron chi connectivity index (χ2n) is 23.6. The van der Waals surface area contributed by atoms with Crippen LogP contribution in [-0.4, -0.2) is 88.2 Å². The Kier molecular flexibility index (Phi) is 14.5. The van der Waals surface area contributed by atoms with Crippen LogP contribution in [0.5, 0.6) is 0 Å². The summed E-state index contributed by atoms with van der Waals surface area (Å²) in [5.74, 6) is 3.44. The lowest BCUT2D eigenvalue weighted by molar-refractivity contribution is -0.139. The van der Waals surface area contributed by atoms with Gasteiger partial charge in [0.15, 0.2) is 0 Å². The molecule has 6 N–H and O–H groups in total. The molecule has 1 aliphatic heterocycles. The number of carbonyl (C=O) groups is 3. The van der Waals surface area contributed by atoms with E-state index >= 15 is 0 Å². The summed E-state index contributed by atoms with van der Waals surface area (Å²) in [6.07, 6.45) is 20.7. The third-order valence-electron chi connectivity index (χ3n) is 18.8. The van der Waals surface area contributed by atoms with E-state index in [2.05, 4.69) is 133 Å². The van der Waals surface area contributed by atoms with Gasteiger partial charge in [-0.1, -0.05) is 102 Å². The first-order chi connectivity index (χ1) is 33.1. The minimum atomic E-state index is -2.62. The highest BCUT2D eigenvalue weighted by Crippen LogP contribution is 2.68. The van der Waals surface area contributed by atoms with Crippen LogP contribution in [0, 0.1) is 46.3 Å². The highest BCUT2D eigenvalue weighted by molar-refractivity contribution is 6.99. The predicted octanol–water partition coefficient (Wildman–Crippen LogP) is 7.47. The maximum Gasteiger partial charge on any atom is 0.261 e. The average molecular weight is 957 g/mol. The van der Waals surface area contributed by atoms with Crippen LogP contribution in [0.25, 0.3) is 0 Å². The second-order valence-corrected chi connectivity index (χ2v) is 27.8. The Balaban J connectivity index is 0.803. The number of hydrogen-bond acceptors (Lipinski definition) is 7. The molecule has 4 saturated carbocycles. The molecule has 2 aromatic carbocycles. The highest BCUT2D eigenvalue weighted by atomic mass is 28.4. The van der Waals surface area contributed by atoms with Gasteiger partial charge in [-0.25, -0.2) is 9.97 Å². The van der Waals surface area contributed by atoms with Crippen LogP contribution >= 0.6 is 0 Å². The van der Waals surface area contributed by atoms with Gasteiger partial charge in [0.1, 0.15) is 6.04 Å². The number of likely N-dealkylation sites (tertiary alicyclic amines) is 1. The molecule has 0 spiro atoms. The van der Waals surface area contributed by atoms with Crippen LogP contribution in [0.2, 0.25) is 5.04 Å². The van der Waals surface area contributed by atoms with Crippen molar-refractivity contribution in [2.24, 2.45) is 52.1 Å². The summed E-state index contributed by atoms with van der Waals surface area (Å²) >= 11 is 0. The zero-order valence-corrected chi connectivity index (χ0v) is 43.2. The molecule has 12 atom stereocenters. The van der Waals surface area contributed by atoms with Crippen LogP contribution in [0.4, 0.5) is 0 Å². The summed E-state index contributed by atoms with van der Waals surface area (Å²) in [6.45, 7) is 15.5. The number of nitrogens with zero attached hydrogens (tertiary/aromatic N) is 3. The number of benzene rings is 2. The quantitative estimate of drug-likeness (QED) is 0.0726. The standard InChI is InChI=1S/C56H80N8O4Si/c1-37(17-22-51(65)63-41-31-50(52(66)60-28-25-39-32-58-35-61-39)64(34-41)53(67)49(57)30-40-33-59-36-62-40)46-20-21-47-45-19-18-38-29-42(23-26-55(38,5)48(45)24-27-56(46,47)6)68-69(54(2,3)4,43-13-9-7-10-14-43)44-15-11-8-12-16-44/h7-16,32-33,35-38,41-42,45-50H,17-31,34,57H2,1-6H3,(H,58,61)(H,59,62)(H,60,66)(H,63,65)/t37-,38?,41+,42-,45?,46-,47?,48?,49?,50+,55+,56-/m1/s1. The summed E-state index contributed by atoms with van der Waals surface area (Å²) in [6, 6.07) is 20.4. The van der Waals surface area contributed by atoms with Gasteiger partial charge in [-0.15, -0.1) is 0 Å². The lowest BCUT2D eigenvalue weighted by atomic mass is 9.44. The summed E-state index contributed by atoms with van der Waals surface area (Å²) in [5, 5.41) is 8.98. The molecule has 4 aliphatic carbocycles. The van der Waals surface area contributed by atoms with Crippen LogP contribution in [-0.2, 0) is 31.7 Å². The van der Waals surface area contributed by atoms with Gasteiger partial charge in [-0.3, -0.25) is 14.4 Å². The molecule has 12 nitrogen and oxygen atoms in total. The summed E-state index contributed by atoms with van der Waals surface area (Å²) in [4.78, 5) is 57.0. The van der Waals surface area contributed by atoms with Crippen molar-refractivity contribution in [2.75, 3.05) is 13.1 Å². The lowest BCUT2D eigenvalue weighted by Crippen LogP contribution is -2.68. The first-order valence-corrected chi connectivity index (χ1v) is 28.4. The van der Waals surface area contributed by atoms with Gasteiger partial charge in [0, 0.05) is 62.6 Å². The molecule has 372 valence electrons. The molecule has 13 heteroatoms. The number of imidazole rings is 2. The normalized spacial score (nSPS) is 31.0. The Labute approximate surface area is 412 Å². The van der Waals surface area contributed by atoms with Gasteiger partial charge in [0.2, 0.25) is 17.7 Å². The first kappa shape index (κ1) is 49.4. The van der Waals surface area contributed by atoms with Crippen molar-refractivity contribution in [2.45, 2.75) is 161 Å². The second kappa shape index (κ2) is 20.3. The highest BCUT2D eigenvalue weighted by Gasteiger charge is 2.61. The van der Waals surface area contributed by atoms with E-state index in [-0.39, 0.29) is 47.9 Å². The number of aromatic nitrogens is 4. The molecular weight excluding hydrogens is 877 g/mol. The van der Waals surface area contributed by atoms with Crippen molar-refractivity contribution in [1.82, 2.24) is 35.5 Å². The molecule has 69 heavy (non-hydrogen) atoms. The molecule has 4 aromatic rings. The molecule has 3 amide bonds. The Morgan fingerprint density at radius 3 is 2.29 bits per heavy atom. The SMILES string of the molecule is C[C@H](CCC(=O)N[C@H]1C[C@@H](C(=O)NCCc2cnc[nH]2)N(C(=O)C(N)Cc2c[nH]cn2)C1)[C@H]1CCC2C3CCC4C[C@H](O[Si](c5ccccc5)(c5ccccc5)C(C)(C)C)CC[C@]4(C)C3CC[C@@]21C. The predicted molar refractivity (Wildman–Crippen MR) is 274 cm³/mol. The van der Waals surface area contributed by atoms with Gasteiger partial charge >= 0.3 is 0 Å². The van der Waals surface area contributed by atoms with Gasteiger partial charge in [0.05, 0.1) is 24.4 Å². The van der Waals surface area contributed by atoms with Crippen molar-refractivity contribution in [3.05, 3.63) is 97.1 Å². The molecule has 1 saturated heterocycles. The van der Waals surface area contributed by atoms with E-state index in [1.807, 2.05) is 0 Å². The molecule has 2 aromatic heterocycles. The van der Waals surface area contributed by atoms with Gasteiger partial charge in [0.25, 0.3) is 8.32 Å². The summed E-state index contributed by atoms with van der Waals surface area (Å²) in [7, 11) is -2.62. The van der Waals surface area contributed by atoms with Gasteiger partial charge in [-0.05, 0) is 132 Å². The van der Waals surface area contributed by atoms with Crippen LogP contribution < -0.4 is 26.7 Å². The molecule has 5 aliphatic rings.